The Kier molecular flexibility index (Phi) is 5.51. The number of nitrogens with one attached hydrogen (secondary N) is 2. The molecule has 0 radical (unpaired) electrons. The molecule has 1 fully saturated rings. The number of fused-ring (bicyclic) bond motifs is 1. The first-order valence-electron chi connectivity index (χ1n) is 9.28. The second-order valence-electron chi connectivity index (χ2n) is 6.82. The van der Waals surface area contributed by atoms with E-state index in [1.165, 1.54) is 11.8 Å². The highest BCUT2D eigenvalue weighted by Crippen LogP contribution is 2.34. The number of amidine groups is 1. The molecule has 2 N–H and O–H groups in total. The van der Waals surface area contributed by atoms with Gasteiger partial charge in [0, 0.05) is 16.5 Å². The minimum Gasteiger partial charge on any atom is -0.492 e. The highest BCUT2D eigenvalue weighted by molar-refractivity contribution is 8.15. The summed E-state index contributed by atoms with van der Waals surface area (Å²) in [5.74, 6) is 0.650. The average molecular weight is 432 g/mol. The minimum atomic E-state index is -2.98. The number of rotatable bonds is 5. The lowest BCUT2D eigenvalue weighted by atomic mass is 10.2. The van der Waals surface area contributed by atoms with Crippen LogP contribution >= 0.6 is 11.8 Å². The van der Waals surface area contributed by atoms with Gasteiger partial charge in [-0.05, 0) is 37.3 Å². The smallest absolute Gasteiger partial charge is 0.255 e. The largest absolute Gasteiger partial charge is 0.492 e. The maximum absolute atomic E-state index is 12.7. The van der Waals surface area contributed by atoms with Crippen molar-refractivity contribution in [1.82, 2.24) is 0 Å². The molecule has 2 aromatic rings. The number of ether oxygens (including phenoxy) is 1. The van der Waals surface area contributed by atoms with Crippen molar-refractivity contribution in [2.45, 2.75) is 18.2 Å². The molecule has 7 nitrogen and oxygen atoms in total. The van der Waals surface area contributed by atoms with E-state index in [-0.39, 0.29) is 28.7 Å². The standard InChI is InChI=1S/C20H21N3O4S2/c1-2-27-17-9-4-3-8-15(17)22-19(24)13-6-5-7-14(10-13)21-20-23-16-11-29(25,26)12-18(16)28-20/h3-10,16,18H,2,11-12H2,1H3,(H,21,23)(H,22,24)/t16-,18+/m0/s1. The molecule has 2 aliphatic rings. The van der Waals surface area contributed by atoms with Crippen molar-refractivity contribution in [3.8, 4) is 5.75 Å². The second kappa shape index (κ2) is 8.08. The maximum Gasteiger partial charge on any atom is 0.255 e. The normalized spacial score (nSPS) is 21.9. The molecule has 9 heteroatoms. The quantitative estimate of drug-likeness (QED) is 0.755. The van der Waals surface area contributed by atoms with Gasteiger partial charge in [-0.25, -0.2) is 8.42 Å². The average Bonchev–Trinajstić information content (AvgIpc) is 3.16. The number of aliphatic imine (C=N–C) groups is 1. The molecule has 4 rings (SSSR count). The van der Waals surface area contributed by atoms with E-state index in [2.05, 4.69) is 15.6 Å². The van der Waals surface area contributed by atoms with Crippen LogP contribution in [-0.2, 0) is 9.84 Å². The van der Waals surface area contributed by atoms with Gasteiger partial charge in [-0.2, -0.15) is 0 Å². The van der Waals surface area contributed by atoms with Crippen molar-refractivity contribution < 1.29 is 17.9 Å². The molecule has 0 aromatic heterocycles. The molecular formula is C20H21N3O4S2. The summed E-state index contributed by atoms with van der Waals surface area (Å²) in [5, 5.41) is 6.75. The van der Waals surface area contributed by atoms with Crippen LogP contribution in [-0.4, -0.2) is 48.9 Å². The van der Waals surface area contributed by atoms with Crippen LogP contribution < -0.4 is 15.4 Å². The Morgan fingerprint density at radius 1 is 1.21 bits per heavy atom. The zero-order chi connectivity index (χ0) is 20.4. The fourth-order valence-electron chi connectivity index (χ4n) is 3.32. The summed E-state index contributed by atoms with van der Waals surface area (Å²) in [5.41, 5.74) is 1.83. The molecule has 2 aromatic carbocycles. The van der Waals surface area contributed by atoms with Crippen LogP contribution in [0.5, 0.6) is 5.75 Å². The number of nitrogens with zero attached hydrogens (tertiary/aromatic N) is 1. The van der Waals surface area contributed by atoms with Crippen LogP contribution in [0.3, 0.4) is 0 Å². The van der Waals surface area contributed by atoms with Crippen LogP contribution in [0.4, 0.5) is 11.4 Å². The number of para-hydroxylation sites is 2. The topological polar surface area (TPSA) is 96.9 Å². The number of benzene rings is 2. The van der Waals surface area contributed by atoms with Crippen LogP contribution in [0.15, 0.2) is 53.5 Å². The van der Waals surface area contributed by atoms with Crippen molar-refractivity contribution in [3.05, 3.63) is 54.1 Å². The van der Waals surface area contributed by atoms with Gasteiger partial charge in [-0.3, -0.25) is 9.79 Å². The lowest BCUT2D eigenvalue weighted by molar-refractivity contribution is 0.102. The molecule has 1 saturated heterocycles. The van der Waals surface area contributed by atoms with Crippen molar-refractivity contribution in [3.63, 3.8) is 0 Å². The Balaban J connectivity index is 1.45. The third-order valence-corrected chi connectivity index (χ3v) is 7.77. The molecule has 1 amide bonds. The van der Waals surface area contributed by atoms with Gasteiger partial charge < -0.3 is 15.4 Å². The molecule has 2 atom stereocenters. The Morgan fingerprint density at radius 2 is 2.03 bits per heavy atom. The van der Waals surface area contributed by atoms with Crippen molar-refractivity contribution in [1.29, 1.82) is 0 Å². The molecule has 152 valence electrons. The van der Waals surface area contributed by atoms with E-state index >= 15 is 0 Å². The van der Waals surface area contributed by atoms with E-state index in [9.17, 15) is 13.2 Å². The number of carbonyl (C=O) groups is 1. The minimum absolute atomic E-state index is 0.0240. The number of sulfone groups is 1. The Bertz CT molecular complexity index is 1070. The highest BCUT2D eigenvalue weighted by Gasteiger charge is 2.42. The monoisotopic (exact) mass is 431 g/mol. The SMILES string of the molecule is CCOc1ccccc1NC(=O)c1cccc(NC2=N[C@H]3CS(=O)(=O)C[C@H]3S2)c1. The second-order valence-corrected chi connectivity index (χ2v) is 10.2. The van der Waals surface area contributed by atoms with E-state index in [0.29, 0.717) is 28.8 Å². The summed E-state index contributed by atoms with van der Waals surface area (Å²) < 4.78 is 28.9. The summed E-state index contributed by atoms with van der Waals surface area (Å²) in [7, 11) is -2.98. The molecular weight excluding hydrogens is 410 g/mol. The number of hydrogen-bond acceptors (Lipinski definition) is 7. The molecule has 2 aliphatic heterocycles. The lowest BCUT2D eigenvalue weighted by Crippen LogP contribution is -2.14. The van der Waals surface area contributed by atoms with Gasteiger partial charge in [0.15, 0.2) is 15.0 Å². The summed E-state index contributed by atoms with van der Waals surface area (Å²) in [6.45, 7) is 2.40. The molecule has 0 bridgehead atoms. The van der Waals surface area contributed by atoms with E-state index in [0.717, 1.165) is 5.69 Å². The Hall–Kier alpha value is -2.52. The van der Waals surface area contributed by atoms with Crippen molar-refractivity contribution in [2.24, 2.45) is 4.99 Å². The number of amides is 1. The number of anilines is 2. The van der Waals surface area contributed by atoms with Crippen LogP contribution in [0.25, 0.3) is 0 Å². The third kappa shape index (κ3) is 4.56. The Labute approximate surface area is 173 Å². The van der Waals surface area contributed by atoms with Gasteiger partial charge in [0.25, 0.3) is 5.91 Å². The predicted octanol–water partition coefficient (Wildman–Crippen LogP) is 3.02. The number of carbonyl (C=O) groups excluding carboxylic acids is 1. The van der Waals surface area contributed by atoms with Crippen LogP contribution in [0, 0.1) is 0 Å². The lowest BCUT2D eigenvalue weighted by Gasteiger charge is -2.12. The highest BCUT2D eigenvalue weighted by atomic mass is 32.2. The molecule has 2 heterocycles. The number of hydrogen-bond donors (Lipinski definition) is 2. The molecule has 0 spiro atoms. The maximum atomic E-state index is 12.7. The van der Waals surface area contributed by atoms with Gasteiger partial charge in [0.05, 0.1) is 29.8 Å². The fraction of sp³-hybridized carbons (Fsp3) is 0.300. The molecule has 0 saturated carbocycles. The first kappa shape index (κ1) is 19.8. The van der Waals surface area contributed by atoms with E-state index in [1.54, 1.807) is 24.3 Å². The van der Waals surface area contributed by atoms with Gasteiger partial charge in [-0.1, -0.05) is 30.0 Å². The Morgan fingerprint density at radius 3 is 2.83 bits per heavy atom. The van der Waals surface area contributed by atoms with Gasteiger partial charge in [-0.15, -0.1) is 0 Å². The van der Waals surface area contributed by atoms with E-state index in [1.807, 2.05) is 31.2 Å². The number of thioether (sulfide) groups is 1. The summed E-state index contributed by atoms with van der Waals surface area (Å²) in [6, 6.07) is 14.2. The third-order valence-electron chi connectivity index (χ3n) is 4.63. The molecule has 0 aliphatic carbocycles. The van der Waals surface area contributed by atoms with Crippen molar-refractivity contribution >= 4 is 44.0 Å². The van der Waals surface area contributed by atoms with Crippen molar-refractivity contribution in [2.75, 3.05) is 28.7 Å². The predicted molar refractivity (Wildman–Crippen MR) is 117 cm³/mol. The summed E-state index contributed by atoms with van der Waals surface area (Å²) in [6.07, 6.45) is 0. The van der Waals surface area contributed by atoms with Crippen LogP contribution in [0.2, 0.25) is 0 Å². The molecule has 29 heavy (non-hydrogen) atoms. The van der Waals surface area contributed by atoms with E-state index < -0.39 is 9.84 Å². The summed E-state index contributed by atoms with van der Waals surface area (Å²) in [4.78, 5) is 17.2. The van der Waals surface area contributed by atoms with Crippen LogP contribution in [0.1, 0.15) is 17.3 Å². The van der Waals surface area contributed by atoms with Gasteiger partial charge in [0.2, 0.25) is 0 Å². The molecule has 0 unspecified atom stereocenters. The fourth-order valence-corrected chi connectivity index (χ4v) is 7.00. The first-order valence-corrected chi connectivity index (χ1v) is 12.0. The zero-order valence-corrected chi connectivity index (χ0v) is 17.4. The first-order chi connectivity index (χ1) is 13.9. The summed E-state index contributed by atoms with van der Waals surface area (Å²) >= 11 is 1.45. The zero-order valence-electron chi connectivity index (χ0n) is 15.8. The van der Waals surface area contributed by atoms with E-state index in [4.69, 9.17) is 4.74 Å². The van der Waals surface area contributed by atoms with Gasteiger partial charge in [0.1, 0.15) is 5.75 Å². The van der Waals surface area contributed by atoms with Gasteiger partial charge >= 0.3 is 0 Å².